The summed E-state index contributed by atoms with van der Waals surface area (Å²) < 4.78 is 9.43. The highest BCUT2D eigenvalue weighted by atomic mass is 32.1. The van der Waals surface area contributed by atoms with Crippen molar-refractivity contribution >= 4 is 124 Å². The second-order valence-corrected chi connectivity index (χ2v) is 17.4. The number of benzene rings is 10. The van der Waals surface area contributed by atoms with Crippen LogP contribution in [0.5, 0.6) is 0 Å². The number of rotatable bonds is 4. The molecule has 0 spiro atoms. The maximum Gasteiger partial charge on any atom is 0.159 e. The zero-order valence-electron chi connectivity index (χ0n) is 34.1. The van der Waals surface area contributed by atoms with Crippen molar-refractivity contribution in [2.24, 2.45) is 0 Å². The Morgan fingerprint density at radius 3 is 1.60 bits per heavy atom. The van der Waals surface area contributed by atoms with Crippen molar-refractivity contribution in [1.82, 2.24) is 0 Å². The molecule has 0 aliphatic heterocycles. The van der Waals surface area contributed by atoms with Crippen molar-refractivity contribution in [3.63, 3.8) is 0 Å². The summed E-state index contributed by atoms with van der Waals surface area (Å²) >= 11 is 1.90. The standard InChI is InChI=1S/C60H37NOS/c1-2-17-38(18-3-1)40-19-10-13-29-54(40)61(55-30-16-28-51-47-25-11-14-31-56(47)62-59(51)55)39-33-34-46-50-35-36-52-48-26-12-15-32-57(48)63-60(52)58(50)49-27-9-8-23-44(49)42-21-5-4-20-41(42)43-22-6-7-24-45(43)53(46)37-39/h1-37H. The topological polar surface area (TPSA) is 16.4 Å². The van der Waals surface area contributed by atoms with E-state index in [1.54, 1.807) is 0 Å². The lowest BCUT2D eigenvalue weighted by atomic mass is 9.93. The molecule has 0 atom stereocenters. The molecular weight excluding hydrogens is 783 g/mol. The Labute approximate surface area is 367 Å². The first-order valence-electron chi connectivity index (χ1n) is 21.5. The van der Waals surface area contributed by atoms with Crippen LogP contribution in [-0.4, -0.2) is 0 Å². The van der Waals surface area contributed by atoms with E-state index >= 15 is 0 Å². The van der Waals surface area contributed by atoms with Crippen LogP contribution in [0, 0.1) is 0 Å². The second-order valence-electron chi connectivity index (χ2n) is 16.3. The van der Waals surface area contributed by atoms with Gasteiger partial charge in [0.15, 0.2) is 5.58 Å². The Bertz CT molecular complexity index is 4050. The molecule has 0 N–H and O–H groups in total. The van der Waals surface area contributed by atoms with Gasteiger partial charge in [-0.1, -0.05) is 188 Å². The van der Waals surface area contributed by atoms with Gasteiger partial charge in [0.2, 0.25) is 0 Å². The molecular formula is C60H37NOS. The summed E-state index contributed by atoms with van der Waals surface area (Å²) in [5.74, 6) is 0. The molecule has 0 saturated heterocycles. The maximum absolute atomic E-state index is 6.83. The number of para-hydroxylation sites is 3. The summed E-state index contributed by atoms with van der Waals surface area (Å²) in [6.45, 7) is 0. The molecule has 13 rings (SSSR count). The summed E-state index contributed by atoms with van der Waals surface area (Å²) in [5, 5.41) is 16.9. The summed E-state index contributed by atoms with van der Waals surface area (Å²) in [7, 11) is 0. The van der Waals surface area contributed by atoms with Crippen molar-refractivity contribution in [2.45, 2.75) is 0 Å². The molecule has 0 unspecified atom stereocenters. The highest BCUT2D eigenvalue weighted by Crippen LogP contribution is 2.48. The average molecular weight is 820 g/mol. The lowest BCUT2D eigenvalue weighted by molar-refractivity contribution is 0.669. The molecule has 0 bridgehead atoms. The molecule has 2 aromatic heterocycles. The van der Waals surface area contributed by atoms with Crippen LogP contribution in [0.4, 0.5) is 17.1 Å². The third-order valence-corrected chi connectivity index (χ3v) is 14.1. The average Bonchev–Trinajstić information content (AvgIpc) is 3.93. The van der Waals surface area contributed by atoms with Gasteiger partial charge in [0, 0.05) is 47.6 Å². The Hall–Kier alpha value is -7.98. The molecule has 2 heterocycles. The number of nitrogens with zero attached hydrogens (tertiary/aromatic N) is 1. The second kappa shape index (κ2) is 14.3. The normalized spacial score (nSPS) is 11.8. The molecule has 11 aromatic carbocycles. The van der Waals surface area contributed by atoms with E-state index in [1.807, 2.05) is 17.4 Å². The molecule has 13 aromatic rings. The smallest absolute Gasteiger partial charge is 0.159 e. The van der Waals surface area contributed by atoms with E-state index in [9.17, 15) is 0 Å². The van der Waals surface area contributed by atoms with Crippen molar-refractivity contribution in [1.29, 1.82) is 0 Å². The third-order valence-electron chi connectivity index (χ3n) is 12.9. The van der Waals surface area contributed by atoms with Crippen molar-refractivity contribution < 1.29 is 4.42 Å². The van der Waals surface area contributed by atoms with Gasteiger partial charge in [0.05, 0.1) is 11.4 Å². The number of furan rings is 1. The molecule has 0 saturated carbocycles. The monoisotopic (exact) mass is 819 g/mol. The van der Waals surface area contributed by atoms with Gasteiger partial charge in [-0.15, -0.1) is 11.3 Å². The maximum atomic E-state index is 6.83. The molecule has 294 valence electrons. The van der Waals surface area contributed by atoms with Crippen LogP contribution in [0.3, 0.4) is 0 Å². The van der Waals surface area contributed by atoms with Gasteiger partial charge in [0.1, 0.15) is 5.58 Å². The van der Waals surface area contributed by atoms with Crippen LogP contribution in [0.2, 0.25) is 0 Å². The predicted octanol–water partition coefficient (Wildman–Crippen LogP) is 18.0. The van der Waals surface area contributed by atoms with Gasteiger partial charge in [-0.25, -0.2) is 0 Å². The number of hydrogen-bond acceptors (Lipinski definition) is 3. The molecule has 0 radical (unpaired) electrons. The highest BCUT2D eigenvalue weighted by Gasteiger charge is 2.23. The van der Waals surface area contributed by atoms with Crippen LogP contribution in [-0.2, 0) is 0 Å². The first kappa shape index (κ1) is 35.7. The van der Waals surface area contributed by atoms with Gasteiger partial charge < -0.3 is 9.32 Å². The largest absolute Gasteiger partial charge is 0.454 e. The Morgan fingerprint density at radius 2 is 0.841 bits per heavy atom. The number of anilines is 3. The predicted molar refractivity (Wildman–Crippen MR) is 272 cm³/mol. The molecule has 2 nitrogen and oxygen atoms in total. The molecule has 0 aliphatic rings. The molecule has 63 heavy (non-hydrogen) atoms. The lowest BCUT2D eigenvalue weighted by Gasteiger charge is -2.28. The zero-order valence-corrected chi connectivity index (χ0v) is 34.9. The molecule has 0 aliphatic carbocycles. The van der Waals surface area contributed by atoms with Crippen LogP contribution in [0.15, 0.2) is 229 Å². The van der Waals surface area contributed by atoms with Gasteiger partial charge in [-0.2, -0.15) is 0 Å². The van der Waals surface area contributed by atoms with Crippen LogP contribution in [0.1, 0.15) is 0 Å². The number of hydrogen-bond donors (Lipinski definition) is 0. The SMILES string of the molecule is c1ccc(-c2ccccc2N(c2ccc3c(c2)c2ccccc2c2ccccc2c2ccccc2c2c3ccc3c4ccccc4sc32)c2cccc3c2oc2ccccc23)cc1. The fourth-order valence-electron chi connectivity index (χ4n) is 10.1. The Morgan fingerprint density at radius 1 is 0.333 bits per heavy atom. The third kappa shape index (κ3) is 5.57. The lowest BCUT2D eigenvalue weighted by Crippen LogP contribution is -2.11. The van der Waals surface area contributed by atoms with E-state index in [2.05, 4.69) is 223 Å². The molecule has 0 amide bonds. The van der Waals surface area contributed by atoms with Crippen molar-refractivity contribution in [3.05, 3.63) is 224 Å². The van der Waals surface area contributed by atoms with Crippen molar-refractivity contribution in [2.75, 3.05) is 4.90 Å². The minimum Gasteiger partial charge on any atom is -0.454 e. The summed E-state index contributed by atoms with van der Waals surface area (Å²) in [6, 6.07) is 81.9. The highest BCUT2D eigenvalue weighted by molar-refractivity contribution is 7.26. The summed E-state index contributed by atoms with van der Waals surface area (Å²) in [4.78, 5) is 2.41. The fraction of sp³-hybridized carbons (Fsp3) is 0. The van der Waals surface area contributed by atoms with Gasteiger partial charge in [0.25, 0.3) is 0 Å². The van der Waals surface area contributed by atoms with Gasteiger partial charge >= 0.3 is 0 Å². The molecule has 3 heteroatoms. The quantitative estimate of drug-likeness (QED) is 0.176. The minimum atomic E-state index is 0.852. The molecule has 0 fully saturated rings. The van der Waals surface area contributed by atoms with Gasteiger partial charge in [-0.3, -0.25) is 0 Å². The van der Waals surface area contributed by atoms with E-state index in [-0.39, 0.29) is 0 Å². The number of fused-ring (bicyclic) bond motifs is 17. The summed E-state index contributed by atoms with van der Waals surface area (Å²) in [5.41, 5.74) is 7.09. The van der Waals surface area contributed by atoms with Crippen molar-refractivity contribution in [3.8, 4) is 11.1 Å². The van der Waals surface area contributed by atoms with Crippen LogP contribution in [0.25, 0.3) is 107 Å². The van der Waals surface area contributed by atoms with E-state index < -0.39 is 0 Å². The van der Waals surface area contributed by atoms with Crippen LogP contribution >= 0.6 is 11.3 Å². The number of thiophene rings is 1. The van der Waals surface area contributed by atoms with E-state index in [0.29, 0.717) is 0 Å². The first-order valence-corrected chi connectivity index (χ1v) is 22.3. The van der Waals surface area contributed by atoms with E-state index in [0.717, 1.165) is 55.5 Å². The van der Waals surface area contributed by atoms with E-state index in [1.165, 1.54) is 68.6 Å². The Balaban J connectivity index is 1.24. The fourth-order valence-corrected chi connectivity index (χ4v) is 11.4. The Kier molecular flexibility index (Phi) is 8.12. The first-order chi connectivity index (χ1) is 31.3. The minimum absolute atomic E-state index is 0.852. The summed E-state index contributed by atoms with van der Waals surface area (Å²) in [6.07, 6.45) is 0. The van der Waals surface area contributed by atoms with Crippen LogP contribution < -0.4 is 4.90 Å². The zero-order chi connectivity index (χ0) is 41.4. The van der Waals surface area contributed by atoms with E-state index in [4.69, 9.17) is 4.42 Å². The van der Waals surface area contributed by atoms with Gasteiger partial charge in [-0.05, 0) is 90.4 Å².